The van der Waals surface area contributed by atoms with E-state index in [1.165, 1.54) is 32.5 Å². The number of hydrogen-bond acceptors (Lipinski definition) is 0. The van der Waals surface area contributed by atoms with Gasteiger partial charge in [-0.2, -0.15) is 0 Å². The molecule has 1 aliphatic rings. The van der Waals surface area contributed by atoms with E-state index < -0.39 is 0 Å². The van der Waals surface area contributed by atoms with E-state index in [9.17, 15) is 0 Å². The summed E-state index contributed by atoms with van der Waals surface area (Å²) in [7, 11) is 0. The zero-order valence-electron chi connectivity index (χ0n) is 8.76. The third kappa shape index (κ3) is 2.14. The molecule has 0 bridgehead atoms. The van der Waals surface area contributed by atoms with E-state index in [1.807, 2.05) is 0 Å². The number of quaternary nitrogens is 2. The first-order valence-electron chi connectivity index (χ1n) is 5.60. The van der Waals surface area contributed by atoms with Crippen molar-refractivity contribution >= 4 is 0 Å². The van der Waals surface area contributed by atoms with Gasteiger partial charge in [0, 0.05) is 18.4 Å². The van der Waals surface area contributed by atoms with Crippen molar-refractivity contribution in [2.75, 3.05) is 19.6 Å². The average molecular weight is 192 g/mol. The Bertz CT molecular complexity index is 296. The molecule has 1 unspecified atom stereocenters. The Morgan fingerprint density at radius 3 is 2.79 bits per heavy atom. The molecule has 0 amide bonds. The number of hydrogen-bond donors (Lipinski definition) is 2. The minimum Gasteiger partial charge on any atom is -0.357 e. The smallest absolute Gasteiger partial charge is 0.103 e. The van der Waals surface area contributed by atoms with Gasteiger partial charge in [0.25, 0.3) is 0 Å². The highest BCUT2D eigenvalue weighted by Crippen LogP contribution is 2.10. The summed E-state index contributed by atoms with van der Waals surface area (Å²) in [6, 6.07) is 8.86. The Balaban J connectivity index is 1.99. The van der Waals surface area contributed by atoms with Gasteiger partial charge < -0.3 is 10.6 Å². The van der Waals surface area contributed by atoms with Gasteiger partial charge >= 0.3 is 0 Å². The molecule has 1 aromatic carbocycles. The molecule has 2 rings (SSSR count). The third-order valence-corrected chi connectivity index (χ3v) is 3.09. The average Bonchev–Trinajstić information content (AvgIpc) is 2.26. The number of benzene rings is 1. The van der Waals surface area contributed by atoms with E-state index >= 15 is 0 Å². The fourth-order valence-corrected chi connectivity index (χ4v) is 2.23. The van der Waals surface area contributed by atoms with Crippen molar-refractivity contribution in [3.8, 4) is 0 Å². The molecule has 0 fully saturated rings. The fraction of sp³-hybridized carbons (Fsp3) is 0.500. The Kier molecular flexibility index (Phi) is 3.17. The Hall–Kier alpha value is -0.860. The van der Waals surface area contributed by atoms with Gasteiger partial charge in [-0.05, 0) is 5.56 Å². The summed E-state index contributed by atoms with van der Waals surface area (Å²) in [5, 5.41) is 0. The van der Waals surface area contributed by atoms with E-state index in [4.69, 9.17) is 0 Å². The first-order chi connectivity index (χ1) is 6.90. The molecular weight excluding hydrogens is 172 g/mol. The largest absolute Gasteiger partial charge is 0.357 e. The number of rotatable bonds is 3. The SMILES string of the molecule is [NH3+]CCC[NH+]1CCc2ccccc2C1. The first kappa shape index (κ1) is 9.69. The van der Waals surface area contributed by atoms with Crippen LogP contribution in [0.1, 0.15) is 17.5 Å². The molecule has 0 radical (unpaired) electrons. The van der Waals surface area contributed by atoms with Crippen LogP contribution in [0.2, 0.25) is 0 Å². The van der Waals surface area contributed by atoms with Crippen molar-refractivity contribution in [2.45, 2.75) is 19.4 Å². The Morgan fingerprint density at radius 2 is 2.00 bits per heavy atom. The molecule has 0 aliphatic carbocycles. The van der Waals surface area contributed by atoms with E-state index in [2.05, 4.69) is 30.0 Å². The van der Waals surface area contributed by atoms with E-state index in [1.54, 1.807) is 16.0 Å². The molecule has 1 atom stereocenters. The molecule has 1 aliphatic heterocycles. The number of fused-ring (bicyclic) bond motifs is 1. The van der Waals surface area contributed by atoms with E-state index in [-0.39, 0.29) is 0 Å². The molecule has 14 heavy (non-hydrogen) atoms. The first-order valence-corrected chi connectivity index (χ1v) is 5.60. The van der Waals surface area contributed by atoms with Gasteiger partial charge in [0.05, 0.1) is 19.6 Å². The molecule has 0 saturated heterocycles. The summed E-state index contributed by atoms with van der Waals surface area (Å²) in [5.41, 5.74) is 7.02. The monoisotopic (exact) mass is 192 g/mol. The predicted molar refractivity (Wildman–Crippen MR) is 56.9 cm³/mol. The van der Waals surface area contributed by atoms with Crippen molar-refractivity contribution < 1.29 is 10.6 Å². The quantitative estimate of drug-likeness (QED) is 0.632. The Labute approximate surface area is 85.7 Å². The van der Waals surface area contributed by atoms with Gasteiger partial charge in [0.2, 0.25) is 0 Å². The highest BCUT2D eigenvalue weighted by Gasteiger charge is 2.17. The van der Waals surface area contributed by atoms with Gasteiger partial charge in [0.1, 0.15) is 6.54 Å². The van der Waals surface area contributed by atoms with Crippen LogP contribution in [0.4, 0.5) is 0 Å². The predicted octanol–water partition coefficient (Wildman–Crippen LogP) is -0.740. The van der Waals surface area contributed by atoms with Gasteiger partial charge in [-0.1, -0.05) is 24.3 Å². The van der Waals surface area contributed by atoms with Crippen LogP contribution < -0.4 is 10.6 Å². The van der Waals surface area contributed by atoms with Gasteiger partial charge in [-0.3, -0.25) is 0 Å². The molecule has 0 aromatic heterocycles. The minimum atomic E-state index is 1.07. The van der Waals surface area contributed by atoms with Crippen LogP contribution in [0.15, 0.2) is 24.3 Å². The lowest BCUT2D eigenvalue weighted by Gasteiger charge is -2.25. The molecule has 76 valence electrons. The summed E-state index contributed by atoms with van der Waals surface area (Å²) in [5.74, 6) is 0. The molecule has 2 heteroatoms. The van der Waals surface area contributed by atoms with Crippen LogP contribution in [-0.4, -0.2) is 19.6 Å². The summed E-state index contributed by atoms with van der Waals surface area (Å²) < 4.78 is 0. The highest BCUT2D eigenvalue weighted by molar-refractivity contribution is 5.27. The summed E-state index contributed by atoms with van der Waals surface area (Å²) >= 11 is 0. The maximum atomic E-state index is 3.90. The van der Waals surface area contributed by atoms with E-state index in [0.29, 0.717) is 0 Å². The van der Waals surface area contributed by atoms with Crippen molar-refractivity contribution in [1.29, 1.82) is 0 Å². The third-order valence-electron chi connectivity index (χ3n) is 3.09. The molecule has 4 N–H and O–H groups in total. The lowest BCUT2D eigenvalue weighted by Crippen LogP contribution is -3.11. The van der Waals surface area contributed by atoms with Gasteiger partial charge in [-0.25, -0.2) is 0 Å². The van der Waals surface area contributed by atoms with Crippen molar-refractivity contribution in [3.05, 3.63) is 35.4 Å². The standard InChI is InChI=1S/C12H18N2/c13-7-3-8-14-9-6-11-4-1-2-5-12(11)10-14/h1-2,4-5H,3,6-10,13H2/p+2. The van der Waals surface area contributed by atoms with Gasteiger partial charge in [0.15, 0.2) is 0 Å². The zero-order valence-corrected chi connectivity index (χ0v) is 8.76. The maximum Gasteiger partial charge on any atom is 0.103 e. The van der Waals surface area contributed by atoms with Crippen LogP contribution in [0.3, 0.4) is 0 Å². The highest BCUT2D eigenvalue weighted by atomic mass is 15.1. The maximum absolute atomic E-state index is 3.90. The lowest BCUT2D eigenvalue weighted by molar-refractivity contribution is -0.916. The van der Waals surface area contributed by atoms with Crippen LogP contribution in [-0.2, 0) is 13.0 Å². The second kappa shape index (κ2) is 4.58. The number of nitrogens with one attached hydrogen (secondary N) is 1. The zero-order chi connectivity index (χ0) is 9.80. The molecule has 2 nitrogen and oxygen atoms in total. The van der Waals surface area contributed by atoms with Crippen molar-refractivity contribution in [3.63, 3.8) is 0 Å². The summed E-state index contributed by atoms with van der Waals surface area (Å²) in [6.45, 7) is 4.89. The second-order valence-corrected chi connectivity index (χ2v) is 4.15. The fourth-order valence-electron chi connectivity index (χ4n) is 2.23. The Morgan fingerprint density at radius 1 is 1.21 bits per heavy atom. The summed E-state index contributed by atoms with van der Waals surface area (Å²) in [4.78, 5) is 1.73. The normalized spacial score (nSPS) is 20.5. The van der Waals surface area contributed by atoms with Crippen LogP contribution >= 0.6 is 0 Å². The van der Waals surface area contributed by atoms with Crippen LogP contribution in [0.25, 0.3) is 0 Å². The van der Waals surface area contributed by atoms with Crippen molar-refractivity contribution in [1.82, 2.24) is 0 Å². The van der Waals surface area contributed by atoms with Crippen LogP contribution in [0, 0.1) is 0 Å². The molecule has 1 heterocycles. The molecule has 0 saturated carbocycles. The topological polar surface area (TPSA) is 32.1 Å². The van der Waals surface area contributed by atoms with Crippen molar-refractivity contribution in [2.24, 2.45) is 0 Å². The molecule has 0 spiro atoms. The summed E-state index contributed by atoms with van der Waals surface area (Å²) in [6.07, 6.45) is 2.51. The minimum absolute atomic E-state index is 1.07. The van der Waals surface area contributed by atoms with Crippen LogP contribution in [0.5, 0.6) is 0 Å². The molecular formula is C12H20N2+2. The second-order valence-electron chi connectivity index (χ2n) is 4.15. The lowest BCUT2D eigenvalue weighted by atomic mass is 10.00. The van der Waals surface area contributed by atoms with Gasteiger partial charge in [-0.15, -0.1) is 0 Å². The molecule has 1 aromatic rings. The van der Waals surface area contributed by atoms with E-state index in [0.717, 1.165) is 6.54 Å².